The number of hydrogen-bond donors (Lipinski definition) is 0. The molecule has 0 bridgehead atoms. The highest BCUT2D eigenvalue weighted by atomic mass is 16.5. The van der Waals surface area contributed by atoms with E-state index in [2.05, 4.69) is 322 Å². The number of nitrogens with zero attached hydrogens (tertiary/aromatic N) is 4. The summed E-state index contributed by atoms with van der Waals surface area (Å²) < 4.78 is 13.5. The van der Waals surface area contributed by atoms with Crippen molar-refractivity contribution in [3.05, 3.63) is 396 Å². The predicted molar refractivity (Wildman–Crippen MR) is 401 cm³/mol. The lowest BCUT2D eigenvalue weighted by Crippen LogP contribution is -2.32. The minimum absolute atomic E-state index is 0.559. The highest BCUT2D eigenvalue weighted by Crippen LogP contribution is 2.65. The first-order valence-corrected chi connectivity index (χ1v) is 34.1. The summed E-state index contributed by atoms with van der Waals surface area (Å²) in [6.45, 7) is 0. The summed E-state index contributed by atoms with van der Waals surface area (Å²) >= 11 is 0. The molecule has 0 N–H and O–H groups in total. The van der Waals surface area contributed by atoms with Gasteiger partial charge in [-0.15, -0.1) is 0 Å². The molecule has 20 rings (SSSR count). The van der Waals surface area contributed by atoms with Crippen molar-refractivity contribution < 1.29 is 9.47 Å². The zero-order valence-corrected chi connectivity index (χ0v) is 54.1. The van der Waals surface area contributed by atoms with Gasteiger partial charge in [-0.05, 0) is 139 Å². The van der Waals surface area contributed by atoms with Crippen LogP contribution in [-0.4, -0.2) is 19.9 Å². The van der Waals surface area contributed by atoms with Crippen LogP contribution >= 0.6 is 0 Å². The van der Waals surface area contributed by atoms with Crippen LogP contribution in [0.15, 0.2) is 352 Å². The summed E-state index contributed by atoms with van der Waals surface area (Å²) in [5.41, 5.74) is 29.0. The molecule has 0 atom stereocenters. The number of para-hydroxylation sites is 4. The summed E-state index contributed by atoms with van der Waals surface area (Å²) in [6.07, 6.45) is 0. The van der Waals surface area contributed by atoms with Crippen molar-refractivity contribution >= 4 is 0 Å². The summed E-state index contributed by atoms with van der Waals surface area (Å²) in [6, 6.07) is 126. The molecule has 16 aromatic rings. The van der Waals surface area contributed by atoms with Gasteiger partial charge in [0.05, 0.1) is 33.6 Å². The molecule has 0 fully saturated rings. The van der Waals surface area contributed by atoms with Crippen molar-refractivity contribution in [3.8, 4) is 146 Å². The number of benzene rings is 14. The van der Waals surface area contributed by atoms with Gasteiger partial charge in [-0.3, -0.25) is 0 Å². The van der Waals surface area contributed by atoms with Crippen molar-refractivity contribution in [2.24, 2.45) is 0 Å². The minimum Gasteiger partial charge on any atom is -0.457 e. The van der Waals surface area contributed by atoms with Gasteiger partial charge in [-0.2, -0.15) is 0 Å². The van der Waals surface area contributed by atoms with Gasteiger partial charge in [0.15, 0.2) is 11.6 Å². The Labute approximate surface area is 579 Å². The van der Waals surface area contributed by atoms with E-state index in [0.29, 0.717) is 11.6 Å². The van der Waals surface area contributed by atoms with Crippen LogP contribution in [0.1, 0.15) is 44.5 Å². The molecule has 100 heavy (non-hydrogen) atoms. The van der Waals surface area contributed by atoms with E-state index in [0.717, 1.165) is 135 Å². The lowest BCUT2D eigenvalue weighted by molar-refractivity contribution is 0.436. The maximum atomic E-state index is 6.86. The van der Waals surface area contributed by atoms with Gasteiger partial charge in [0.25, 0.3) is 0 Å². The van der Waals surface area contributed by atoms with E-state index in [1.54, 1.807) is 0 Å². The van der Waals surface area contributed by atoms with E-state index < -0.39 is 10.8 Å². The largest absolute Gasteiger partial charge is 0.457 e. The van der Waals surface area contributed by atoms with Crippen molar-refractivity contribution in [3.63, 3.8) is 0 Å². The number of aromatic nitrogens is 4. The zero-order chi connectivity index (χ0) is 65.9. The average molecular weight is 1280 g/mol. The average Bonchev–Trinajstić information content (AvgIpc) is 1.50. The van der Waals surface area contributed by atoms with Gasteiger partial charge in [0, 0.05) is 55.6 Å². The molecule has 0 saturated carbocycles. The van der Waals surface area contributed by atoms with Crippen LogP contribution in [0.3, 0.4) is 0 Å². The standard InChI is InChI=1S/C94H58N4O2/c1-4-21-61(22-5-1)83-57-85(97-91(95-83)64-25-8-3-9-26-64)63-43-39-59(40-44-63)68-48-51-73-74-52-49-69(56-82(74)94(81(73)55-68)78-33-14-18-37-89(78)100-90-38-19-15-34-79(90)94)66-27-20-28-70(53-66)86-58-84(62-23-6-2-7-24-62)96-92(98-86)65-45-41-60(42-46-65)67-47-50-72-71-29-10-11-30-75(71)93(80(72)54-67)76-31-12-16-35-87(76)99-88-36-17-13-32-77(88)93/h1-58H. The van der Waals surface area contributed by atoms with E-state index >= 15 is 0 Å². The normalized spacial score (nSPS) is 13.3. The number of rotatable bonds is 9. The fraction of sp³-hybridized carbons (Fsp3) is 0.0213. The summed E-state index contributed by atoms with van der Waals surface area (Å²) in [4.78, 5) is 21.0. The second-order valence-corrected chi connectivity index (χ2v) is 26.3. The van der Waals surface area contributed by atoms with E-state index in [-0.39, 0.29) is 0 Å². The third-order valence-electron chi connectivity index (χ3n) is 20.9. The summed E-state index contributed by atoms with van der Waals surface area (Å²) in [7, 11) is 0. The first-order chi connectivity index (χ1) is 49.5. The van der Waals surface area contributed by atoms with Crippen molar-refractivity contribution in [1.29, 1.82) is 0 Å². The number of fused-ring (bicyclic) bond motifs is 18. The van der Waals surface area contributed by atoms with E-state index in [1.165, 1.54) is 44.5 Å². The molecular formula is C94H58N4O2. The number of ether oxygens (including phenoxy) is 2. The van der Waals surface area contributed by atoms with Crippen LogP contribution in [0, 0.1) is 0 Å². The van der Waals surface area contributed by atoms with Crippen molar-refractivity contribution in [2.75, 3.05) is 0 Å². The molecule has 2 aliphatic carbocycles. The second kappa shape index (κ2) is 22.7. The molecule has 2 aliphatic heterocycles. The molecule has 0 amide bonds. The lowest BCUT2D eigenvalue weighted by Gasteiger charge is -2.39. The molecule has 2 spiro atoms. The topological polar surface area (TPSA) is 70.0 Å². The minimum atomic E-state index is -0.720. The molecule has 466 valence electrons. The maximum absolute atomic E-state index is 6.86. The zero-order valence-electron chi connectivity index (χ0n) is 54.1. The van der Waals surface area contributed by atoms with Gasteiger partial charge < -0.3 is 9.47 Å². The SMILES string of the molecule is c1ccc(-c2cc(-c3ccc(-c4ccc5c(c4)C4(c6ccccc6Oc6ccccc64)c4cc(-c6cccc(-c7cc(-c8ccccc8)nc(-c8ccc(-c9ccc%10c(c9)C9(c%11ccccc%11Oc%11ccccc%119)c9ccccc9-%10)cc8)n7)c6)ccc4-5)cc3)nc(-c3ccccc3)n2)cc1. The number of hydrogen-bond acceptors (Lipinski definition) is 6. The van der Waals surface area contributed by atoms with Crippen molar-refractivity contribution in [2.45, 2.75) is 10.8 Å². The van der Waals surface area contributed by atoms with Crippen LogP contribution in [0.25, 0.3) is 123 Å². The maximum Gasteiger partial charge on any atom is 0.160 e. The monoisotopic (exact) mass is 1270 g/mol. The third-order valence-corrected chi connectivity index (χ3v) is 20.9. The van der Waals surface area contributed by atoms with Crippen LogP contribution in [0.2, 0.25) is 0 Å². The Morgan fingerprint density at radius 2 is 0.440 bits per heavy atom. The molecule has 2 aromatic heterocycles. The Balaban J connectivity index is 0.668. The molecule has 0 saturated heterocycles. The third kappa shape index (κ3) is 8.90. The molecule has 14 aromatic carbocycles. The highest BCUT2D eigenvalue weighted by Gasteiger charge is 2.53. The Bertz CT molecular complexity index is 5820. The summed E-state index contributed by atoms with van der Waals surface area (Å²) in [5, 5.41) is 0. The van der Waals surface area contributed by atoms with Gasteiger partial charge >= 0.3 is 0 Å². The van der Waals surface area contributed by atoms with Crippen LogP contribution in [0.4, 0.5) is 0 Å². The molecule has 6 heteroatoms. The first-order valence-electron chi connectivity index (χ1n) is 34.1. The van der Waals surface area contributed by atoms with Gasteiger partial charge in [0.1, 0.15) is 23.0 Å². The van der Waals surface area contributed by atoms with Crippen molar-refractivity contribution in [1.82, 2.24) is 19.9 Å². The van der Waals surface area contributed by atoms with Crippen LogP contribution < -0.4 is 9.47 Å². The Morgan fingerprint density at radius 1 is 0.170 bits per heavy atom. The van der Waals surface area contributed by atoms with Crippen LogP contribution in [-0.2, 0) is 10.8 Å². The fourth-order valence-corrected chi connectivity index (χ4v) is 16.3. The first kappa shape index (κ1) is 57.1. The molecule has 0 unspecified atom stereocenters. The predicted octanol–water partition coefficient (Wildman–Crippen LogP) is 23.2. The van der Waals surface area contributed by atoms with Gasteiger partial charge in [-0.25, -0.2) is 19.9 Å². The van der Waals surface area contributed by atoms with E-state index in [9.17, 15) is 0 Å². The highest BCUT2D eigenvalue weighted by molar-refractivity contribution is 5.94. The molecule has 6 nitrogen and oxygen atoms in total. The Hall–Kier alpha value is -13.2. The van der Waals surface area contributed by atoms with Crippen LogP contribution in [0.5, 0.6) is 23.0 Å². The van der Waals surface area contributed by atoms with E-state index in [1.807, 2.05) is 30.3 Å². The second-order valence-electron chi connectivity index (χ2n) is 26.3. The smallest absolute Gasteiger partial charge is 0.160 e. The quantitative estimate of drug-likeness (QED) is 0.143. The van der Waals surface area contributed by atoms with Gasteiger partial charge in [0.2, 0.25) is 0 Å². The lowest BCUT2D eigenvalue weighted by atomic mass is 9.65. The van der Waals surface area contributed by atoms with Gasteiger partial charge in [-0.1, -0.05) is 291 Å². The molecule has 4 heterocycles. The molecule has 4 aliphatic rings. The van der Waals surface area contributed by atoms with E-state index in [4.69, 9.17) is 29.4 Å². The molecular weight excluding hydrogens is 1220 g/mol. The summed E-state index contributed by atoms with van der Waals surface area (Å²) in [5.74, 6) is 4.79. The molecule has 0 radical (unpaired) electrons. The fourth-order valence-electron chi connectivity index (χ4n) is 16.3. The Morgan fingerprint density at radius 3 is 0.880 bits per heavy atom. The Kier molecular flexibility index (Phi) is 13.0.